The lowest BCUT2D eigenvalue weighted by molar-refractivity contribution is -0.152. The number of alkyl halides is 1. The minimum atomic E-state index is -4.48. The molecule has 0 amide bonds. The number of carbonyl (C=O) groups is 1. The summed E-state index contributed by atoms with van der Waals surface area (Å²) in [7, 11) is -3.28. The van der Waals surface area contributed by atoms with Gasteiger partial charge in [-0.2, -0.15) is 12.7 Å². The fraction of sp³-hybridized carbons (Fsp3) is 0.889. The van der Waals surface area contributed by atoms with Crippen molar-refractivity contribution in [3.05, 3.63) is 0 Å². The Morgan fingerprint density at radius 3 is 2.35 bits per heavy atom. The second kappa shape index (κ2) is 5.51. The second-order valence-electron chi connectivity index (χ2n) is 3.97. The van der Waals surface area contributed by atoms with E-state index in [1.165, 1.54) is 7.11 Å². The van der Waals surface area contributed by atoms with E-state index >= 15 is 0 Å². The van der Waals surface area contributed by atoms with Crippen molar-refractivity contribution in [3.8, 4) is 0 Å². The molecule has 0 heterocycles. The summed E-state index contributed by atoms with van der Waals surface area (Å²) in [5, 5.41) is 0. The van der Waals surface area contributed by atoms with Crippen molar-refractivity contribution in [1.82, 2.24) is 4.31 Å². The summed E-state index contributed by atoms with van der Waals surface area (Å²) in [4.78, 5) is 11.8. The maximum Gasteiger partial charge on any atom is 0.337 e. The van der Waals surface area contributed by atoms with Crippen molar-refractivity contribution in [2.24, 2.45) is 0 Å². The standard InChI is InChI=1S/C9H16ClNO5S/c1-16-8(12)9(4-2-3-5-9)11(7-6-10)17(13,14)15/h2-7H2,1H3,(H,13,14,15). The largest absolute Gasteiger partial charge is 0.468 e. The quantitative estimate of drug-likeness (QED) is 0.459. The van der Waals surface area contributed by atoms with E-state index in [2.05, 4.69) is 4.74 Å². The first kappa shape index (κ1) is 14.7. The van der Waals surface area contributed by atoms with E-state index in [-0.39, 0.29) is 12.4 Å². The Hall–Kier alpha value is -0.370. The van der Waals surface area contributed by atoms with Crippen LogP contribution < -0.4 is 0 Å². The molecule has 1 aliphatic rings. The molecule has 0 aliphatic heterocycles. The normalized spacial score (nSPS) is 19.5. The third-order valence-corrected chi connectivity index (χ3v) is 4.30. The van der Waals surface area contributed by atoms with Gasteiger partial charge in [-0.25, -0.2) is 0 Å². The number of ether oxygens (including phenoxy) is 1. The topological polar surface area (TPSA) is 83.9 Å². The van der Waals surface area contributed by atoms with Crippen LogP contribution in [0.4, 0.5) is 0 Å². The number of esters is 1. The zero-order valence-electron chi connectivity index (χ0n) is 9.56. The van der Waals surface area contributed by atoms with Gasteiger partial charge in [-0.3, -0.25) is 9.35 Å². The maximum absolute atomic E-state index is 11.8. The van der Waals surface area contributed by atoms with Gasteiger partial charge in [0.25, 0.3) is 0 Å². The van der Waals surface area contributed by atoms with Gasteiger partial charge in [0, 0.05) is 12.4 Å². The first-order valence-corrected chi connectivity index (χ1v) is 7.21. The Balaban J connectivity index is 3.14. The number of methoxy groups -OCH3 is 1. The molecule has 0 aromatic carbocycles. The van der Waals surface area contributed by atoms with Crippen LogP contribution in [0.3, 0.4) is 0 Å². The molecule has 1 aliphatic carbocycles. The number of carbonyl (C=O) groups excluding carboxylic acids is 1. The Bertz CT molecular complexity index is 377. The van der Waals surface area contributed by atoms with E-state index in [1.807, 2.05) is 0 Å². The molecular weight excluding hydrogens is 270 g/mol. The molecule has 1 rings (SSSR count). The van der Waals surface area contributed by atoms with Crippen molar-refractivity contribution >= 4 is 27.9 Å². The SMILES string of the molecule is COC(=O)C1(N(CCCl)S(=O)(=O)O)CCCC1. The highest BCUT2D eigenvalue weighted by molar-refractivity contribution is 7.83. The van der Waals surface area contributed by atoms with Crippen LogP contribution in [0.25, 0.3) is 0 Å². The minimum absolute atomic E-state index is 0.00145. The van der Waals surface area contributed by atoms with Crippen molar-refractivity contribution in [3.63, 3.8) is 0 Å². The monoisotopic (exact) mass is 285 g/mol. The summed E-state index contributed by atoms with van der Waals surface area (Å²) in [6.07, 6.45) is 2.11. The van der Waals surface area contributed by atoms with Crippen LogP contribution in [0.15, 0.2) is 0 Å². The molecule has 0 saturated heterocycles. The van der Waals surface area contributed by atoms with Gasteiger partial charge in [0.15, 0.2) is 0 Å². The first-order chi connectivity index (χ1) is 7.88. The molecule has 0 radical (unpaired) electrons. The number of nitrogens with zero attached hydrogens (tertiary/aromatic N) is 1. The van der Waals surface area contributed by atoms with Gasteiger partial charge >= 0.3 is 16.3 Å². The molecular formula is C9H16ClNO5S. The molecule has 6 nitrogen and oxygen atoms in total. The van der Waals surface area contributed by atoms with Gasteiger partial charge in [-0.1, -0.05) is 12.8 Å². The number of hydrogen-bond donors (Lipinski definition) is 1. The molecule has 1 fully saturated rings. The summed E-state index contributed by atoms with van der Waals surface area (Å²) in [6, 6.07) is 0. The highest BCUT2D eigenvalue weighted by Gasteiger charge is 2.51. The Morgan fingerprint density at radius 1 is 1.47 bits per heavy atom. The van der Waals surface area contributed by atoms with E-state index in [1.54, 1.807) is 0 Å². The van der Waals surface area contributed by atoms with Crippen LogP contribution >= 0.6 is 11.6 Å². The van der Waals surface area contributed by atoms with Crippen molar-refractivity contribution in [2.75, 3.05) is 19.5 Å². The lowest BCUT2D eigenvalue weighted by Crippen LogP contribution is -2.56. The smallest absolute Gasteiger partial charge is 0.337 e. The summed E-state index contributed by atoms with van der Waals surface area (Å²) in [5.74, 6) is -0.642. The average Bonchev–Trinajstić information content (AvgIpc) is 2.73. The van der Waals surface area contributed by atoms with E-state index in [0.717, 1.165) is 4.31 Å². The average molecular weight is 286 g/mol. The van der Waals surface area contributed by atoms with E-state index < -0.39 is 21.8 Å². The van der Waals surface area contributed by atoms with Gasteiger partial charge in [0.05, 0.1) is 7.11 Å². The minimum Gasteiger partial charge on any atom is -0.468 e. The Morgan fingerprint density at radius 2 is 2.00 bits per heavy atom. The van der Waals surface area contributed by atoms with Crippen LogP contribution in [0.2, 0.25) is 0 Å². The zero-order chi connectivity index (χ0) is 13.1. The number of halogens is 1. The van der Waals surface area contributed by atoms with Gasteiger partial charge in [0.2, 0.25) is 0 Å². The summed E-state index contributed by atoms with van der Waals surface area (Å²) < 4.78 is 37.3. The molecule has 0 aromatic heterocycles. The molecule has 0 bridgehead atoms. The molecule has 8 heteroatoms. The number of rotatable bonds is 5. The fourth-order valence-corrected chi connectivity index (χ4v) is 3.62. The highest BCUT2D eigenvalue weighted by atomic mass is 35.5. The van der Waals surface area contributed by atoms with Crippen molar-refractivity contribution < 1.29 is 22.5 Å². The molecule has 100 valence electrons. The Kier molecular flexibility index (Phi) is 4.77. The molecule has 0 atom stereocenters. The maximum atomic E-state index is 11.8. The molecule has 0 unspecified atom stereocenters. The van der Waals surface area contributed by atoms with Crippen LogP contribution in [0, 0.1) is 0 Å². The highest BCUT2D eigenvalue weighted by Crippen LogP contribution is 2.37. The molecule has 1 saturated carbocycles. The fourth-order valence-electron chi connectivity index (χ4n) is 2.33. The lowest BCUT2D eigenvalue weighted by Gasteiger charge is -2.35. The predicted molar refractivity (Wildman–Crippen MR) is 62.2 cm³/mol. The summed E-state index contributed by atoms with van der Waals surface area (Å²) in [5.41, 5.74) is -1.29. The summed E-state index contributed by atoms with van der Waals surface area (Å²) >= 11 is 5.52. The Labute approximate surface area is 106 Å². The van der Waals surface area contributed by atoms with E-state index in [4.69, 9.17) is 11.6 Å². The van der Waals surface area contributed by atoms with Crippen LogP contribution in [-0.4, -0.2) is 48.3 Å². The zero-order valence-corrected chi connectivity index (χ0v) is 11.1. The third kappa shape index (κ3) is 2.90. The van der Waals surface area contributed by atoms with Crippen LogP contribution in [-0.2, 0) is 19.8 Å². The van der Waals surface area contributed by atoms with Crippen LogP contribution in [0.1, 0.15) is 25.7 Å². The molecule has 0 spiro atoms. The van der Waals surface area contributed by atoms with Crippen molar-refractivity contribution in [1.29, 1.82) is 0 Å². The van der Waals surface area contributed by atoms with Gasteiger partial charge in [0.1, 0.15) is 5.54 Å². The summed E-state index contributed by atoms with van der Waals surface area (Å²) in [6.45, 7) is -0.116. The van der Waals surface area contributed by atoms with E-state index in [9.17, 15) is 17.8 Å². The third-order valence-electron chi connectivity index (χ3n) is 3.04. The molecule has 17 heavy (non-hydrogen) atoms. The number of hydrogen-bond acceptors (Lipinski definition) is 4. The molecule has 0 aromatic rings. The second-order valence-corrected chi connectivity index (χ2v) is 5.68. The first-order valence-electron chi connectivity index (χ1n) is 5.28. The van der Waals surface area contributed by atoms with Gasteiger partial charge < -0.3 is 4.74 Å². The van der Waals surface area contributed by atoms with Crippen molar-refractivity contribution in [2.45, 2.75) is 31.2 Å². The van der Waals surface area contributed by atoms with E-state index in [0.29, 0.717) is 25.7 Å². The van der Waals surface area contributed by atoms with Crippen LogP contribution in [0.5, 0.6) is 0 Å². The lowest BCUT2D eigenvalue weighted by atomic mass is 9.98. The van der Waals surface area contributed by atoms with Gasteiger partial charge in [-0.05, 0) is 12.8 Å². The molecule has 1 N–H and O–H groups in total. The van der Waals surface area contributed by atoms with Gasteiger partial charge in [-0.15, -0.1) is 11.6 Å². The predicted octanol–water partition coefficient (Wildman–Crippen LogP) is 0.816.